The van der Waals surface area contributed by atoms with E-state index in [9.17, 15) is 0 Å². The van der Waals surface area contributed by atoms with Crippen molar-refractivity contribution >= 4 is 22.8 Å². The number of hydrogen-bond donors (Lipinski definition) is 1. The number of ether oxygens (including phenoxy) is 1. The van der Waals surface area contributed by atoms with Gasteiger partial charge < -0.3 is 9.72 Å². The highest BCUT2D eigenvalue weighted by molar-refractivity contribution is 7.99. The highest BCUT2D eigenvalue weighted by Gasteiger charge is 2.05. The molecular weight excluding hydrogens is 304 g/mol. The molecule has 3 rings (SSSR count). The molecule has 4 heteroatoms. The van der Waals surface area contributed by atoms with E-state index < -0.39 is 0 Å². The van der Waals surface area contributed by atoms with Gasteiger partial charge in [0.1, 0.15) is 5.75 Å². The van der Waals surface area contributed by atoms with E-state index in [1.807, 2.05) is 30.3 Å². The van der Waals surface area contributed by atoms with Gasteiger partial charge in [-0.05, 0) is 42.7 Å². The van der Waals surface area contributed by atoms with E-state index in [2.05, 4.69) is 41.7 Å². The Morgan fingerprint density at radius 3 is 3.00 bits per heavy atom. The normalized spacial score (nSPS) is 10.8. The van der Waals surface area contributed by atoms with Gasteiger partial charge in [-0.15, -0.1) is 6.58 Å². The average Bonchev–Trinajstić information content (AvgIpc) is 2.95. The minimum atomic E-state index is 0.648. The topological polar surface area (TPSA) is 37.9 Å². The summed E-state index contributed by atoms with van der Waals surface area (Å²) < 4.78 is 5.89. The summed E-state index contributed by atoms with van der Waals surface area (Å²) >= 11 is 1.68. The Hall–Kier alpha value is -2.20. The lowest BCUT2D eigenvalue weighted by atomic mass is 10.1. The number of nitrogens with one attached hydrogen (secondary N) is 1. The molecule has 23 heavy (non-hydrogen) atoms. The minimum absolute atomic E-state index is 0.648. The van der Waals surface area contributed by atoms with Gasteiger partial charge in [-0.1, -0.05) is 42.1 Å². The van der Waals surface area contributed by atoms with Gasteiger partial charge in [0.2, 0.25) is 0 Å². The molecule has 0 saturated carbocycles. The van der Waals surface area contributed by atoms with Crippen molar-refractivity contribution in [3.63, 3.8) is 0 Å². The number of aromatic amines is 1. The lowest BCUT2D eigenvalue weighted by molar-refractivity contribution is 0.341. The summed E-state index contributed by atoms with van der Waals surface area (Å²) in [6.07, 6.45) is 2.72. The van der Waals surface area contributed by atoms with Gasteiger partial charge in [-0.3, -0.25) is 0 Å². The van der Waals surface area contributed by atoms with Crippen LogP contribution >= 0.6 is 11.8 Å². The van der Waals surface area contributed by atoms with Crippen LogP contribution in [0, 0.1) is 6.92 Å². The fraction of sp³-hybridized carbons (Fsp3) is 0.211. The molecule has 0 atom stereocenters. The number of para-hydroxylation sites is 1. The predicted molar refractivity (Wildman–Crippen MR) is 97.4 cm³/mol. The number of aromatic nitrogens is 2. The van der Waals surface area contributed by atoms with Crippen molar-refractivity contribution in [2.24, 2.45) is 0 Å². The standard InChI is InChI=1S/C19H20N2OS/c1-3-6-15-7-4-5-8-18(15)22-11-12-23-19-20-16-10-9-14(2)13-17(16)21-19/h3-5,7-10,13H,1,6,11-12H2,2H3,(H,20,21). The third-order valence-electron chi connectivity index (χ3n) is 3.53. The molecule has 0 saturated heterocycles. The molecule has 118 valence electrons. The maximum absolute atomic E-state index is 5.89. The molecule has 0 unspecified atom stereocenters. The highest BCUT2D eigenvalue weighted by Crippen LogP contribution is 2.22. The van der Waals surface area contributed by atoms with Gasteiger partial charge in [0, 0.05) is 5.75 Å². The molecule has 1 N–H and O–H groups in total. The Balaban J connectivity index is 1.56. The minimum Gasteiger partial charge on any atom is -0.492 e. The zero-order valence-corrected chi connectivity index (χ0v) is 14.0. The molecule has 0 aliphatic rings. The van der Waals surface area contributed by atoms with Crippen molar-refractivity contribution in [2.45, 2.75) is 18.5 Å². The smallest absolute Gasteiger partial charge is 0.166 e. The maximum Gasteiger partial charge on any atom is 0.166 e. The molecule has 3 nitrogen and oxygen atoms in total. The number of fused-ring (bicyclic) bond motifs is 1. The summed E-state index contributed by atoms with van der Waals surface area (Å²) in [6, 6.07) is 14.4. The maximum atomic E-state index is 5.89. The quantitative estimate of drug-likeness (QED) is 0.386. The largest absolute Gasteiger partial charge is 0.492 e. The molecule has 0 bridgehead atoms. The van der Waals surface area contributed by atoms with Crippen LogP contribution in [0.2, 0.25) is 0 Å². The molecule has 1 heterocycles. The van der Waals surface area contributed by atoms with Crippen LogP contribution in [0.3, 0.4) is 0 Å². The van der Waals surface area contributed by atoms with Gasteiger partial charge in [0.05, 0.1) is 17.6 Å². The second-order valence-corrected chi connectivity index (χ2v) is 6.44. The zero-order valence-electron chi connectivity index (χ0n) is 13.2. The van der Waals surface area contributed by atoms with Crippen molar-refractivity contribution in [1.29, 1.82) is 0 Å². The summed E-state index contributed by atoms with van der Waals surface area (Å²) in [5.41, 5.74) is 4.51. The molecule has 0 amide bonds. The first-order chi connectivity index (χ1) is 11.3. The Labute approximate surface area is 140 Å². The highest BCUT2D eigenvalue weighted by atomic mass is 32.2. The Morgan fingerprint density at radius 1 is 1.26 bits per heavy atom. The molecule has 3 aromatic rings. The summed E-state index contributed by atoms with van der Waals surface area (Å²) in [7, 11) is 0. The van der Waals surface area contributed by atoms with Crippen LogP contribution in [0.25, 0.3) is 11.0 Å². The van der Waals surface area contributed by atoms with E-state index in [0.717, 1.165) is 34.1 Å². The fourth-order valence-corrected chi connectivity index (χ4v) is 3.13. The molecule has 0 fully saturated rings. The van der Waals surface area contributed by atoms with Crippen molar-refractivity contribution < 1.29 is 4.74 Å². The van der Waals surface area contributed by atoms with Crippen molar-refractivity contribution in [1.82, 2.24) is 9.97 Å². The molecule has 2 aromatic carbocycles. The monoisotopic (exact) mass is 324 g/mol. The van der Waals surface area contributed by atoms with Crippen LogP contribution in [0.1, 0.15) is 11.1 Å². The van der Waals surface area contributed by atoms with Gasteiger partial charge in [-0.2, -0.15) is 0 Å². The number of benzene rings is 2. The summed E-state index contributed by atoms with van der Waals surface area (Å²) in [6.45, 7) is 6.52. The number of hydrogen-bond acceptors (Lipinski definition) is 3. The molecule has 0 spiro atoms. The number of thioether (sulfide) groups is 1. The number of H-pyrrole nitrogens is 1. The van der Waals surface area contributed by atoms with Crippen LogP contribution in [0.5, 0.6) is 5.75 Å². The van der Waals surface area contributed by atoms with Crippen LogP contribution in [-0.2, 0) is 6.42 Å². The predicted octanol–water partition coefficient (Wildman–Crippen LogP) is 4.77. The summed E-state index contributed by atoms with van der Waals surface area (Å²) in [4.78, 5) is 7.93. The van der Waals surface area contributed by atoms with Crippen LogP contribution < -0.4 is 4.74 Å². The second-order valence-electron chi connectivity index (χ2n) is 5.36. The average molecular weight is 324 g/mol. The number of imidazole rings is 1. The van der Waals surface area contributed by atoms with Gasteiger partial charge in [0.25, 0.3) is 0 Å². The van der Waals surface area contributed by atoms with E-state index in [1.165, 1.54) is 11.1 Å². The Morgan fingerprint density at radius 2 is 2.13 bits per heavy atom. The van der Waals surface area contributed by atoms with E-state index in [1.54, 1.807) is 11.8 Å². The van der Waals surface area contributed by atoms with Crippen LogP contribution in [0.4, 0.5) is 0 Å². The zero-order chi connectivity index (χ0) is 16.1. The molecule has 0 aliphatic carbocycles. The molecule has 0 radical (unpaired) electrons. The molecule has 0 aliphatic heterocycles. The first-order valence-electron chi connectivity index (χ1n) is 7.67. The van der Waals surface area contributed by atoms with Crippen molar-refractivity contribution in [3.05, 3.63) is 66.2 Å². The van der Waals surface area contributed by atoms with Crippen molar-refractivity contribution in [2.75, 3.05) is 12.4 Å². The molecule has 1 aromatic heterocycles. The summed E-state index contributed by atoms with van der Waals surface area (Å²) in [5.74, 6) is 1.79. The van der Waals surface area contributed by atoms with E-state index >= 15 is 0 Å². The number of aryl methyl sites for hydroxylation is 1. The summed E-state index contributed by atoms with van der Waals surface area (Å²) in [5, 5.41) is 0.938. The third kappa shape index (κ3) is 3.96. The third-order valence-corrected chi connectivity index (χ3v) is 4.37. The van der Waals surface area contributed by atoms with Gasteiger partial charge in [0.15, 0.2) is 5.16 Å². The van der Waals surface area contributed by atoms with Gasteiger partial charge >= 0.3 is 0 Å². The first-order valence-corrected chi connectivity index (χ1v) is 8.65. The Bertz CT molecular complexity index is 810. The van der Waals surface area contributed by atoms with Gasteiger partial charge in [-0.25, -0.2) is 4.98 Å². The SMILES string of the molecule is C=CCc1ccccc1OCCSc1nc2ccc(C)cc2[nH]1. The fourth-order valence-electron chi connectivity index (χ4n) is 2.43. The van der Waals surface area contributed by atoms with E-state index in [0.29, 0.717) is 6.61 Å². The Kier molecular flexibility index (Phi) is 5.03. The van der Waals surface area contributed by atoms with Crippen LogP contribution in [0.15, 0.2) is 60.3 Å². The second kappa shape index (κ2) is 7.38. The van der Waals surface area contributed by atoms with E-state index in [4.69, 9.17) is 4.74 Å². The lowest BCUT2D eigenvalue weighted by Crippen LogP contribution is -2.02. The van der Waals surface area contributed by atoms with Crippen molar-refractivity contribution in [3.8, 4) is 5.75 Å². The first kappa shape index (κ1) is 15.7. The number of nitrogens with zero attached hydrogens (tertiary/aromatic N) is 1. The number of allylic oxidation sites excluding steroid dienone is 1. The van der Waals surface area contributed by atoms with E-state index in [-0.39, 0.29) is 0 Å². The molecular formula is C19H20N2OS. The lowest BCUT2D eigenvalue weighted by Gasteiger charge is -2.09. The number of rotatable bonds is 7. The van der Waals surface area contributed by atoms with Crippen LogP contribution in [-0.4, -0.2) is 22.3 Å².